The van der Waals surface area contributed by atoms with Gasteiger partial charge in [-0.3, -0.25) is 4.79 Å². The predicted octanol–water partition coefficient (Wildman–Crippen LogP) is 4.80. The molecule has 3 heterocycles. The molecule has 0 radical (unpaired) electrons. The Bertz CT molecular complexity index is 894. The van der Waals surface area contributed by atoms with Crippen LogP contribution in [-0.4, -0.2) is 30.0 Å². The van der Waals surface area contributed by atoms with Crippen LogP contribution in [0, 0.1) is 0 Å². The minimum absolute atomic E-state index is 0.0945. The van der Waals surface area contributed by atoms with E-state index in [1.165, 1.54) is 16.9 Å². The summed E-state index contributed by atoms with van der Waals surface area (Å²) in [5.41, 5.74) is 2.30. The average molecular weight is 372 g/mol. The van der Waals surface area contributed by atoms with Crippen LogP contribution in [0.4, 0.5) is 10.8 Å². The number of benzene rings is 1. The molecule has 1 unspecified atom stereocenters. The number of aromatic nitrogens is 1. The van der Waals surface area contributed by atoms with Crippen molar-refractivity contribution in [1.82, 2.24) is 4.98 Å². The van der Waals surface area contributed by atoms with E-state index in [0.29, 0.717) is 0 Å². The van der Waals surface area contributed by atoms with Crippen molar-refractivity contribution < 1.29 is 4.79 Å². The van der Waals surface area contributed by atoms with Crippen molar-refractivity contribution >= 4 is 48.9 Å². The Labute approximate surface area is 155 Å². The smallest absolute Gasteiger partial charge is 0.268 e. The van der Waals surface area contributed by atoms with E-state index in [4.69, 9.17) is 4.98 Å². The lowest BCUT2D eigenvalue weighted by molar-refractivity contribution is 0.0985. The Morgan fingerprint density at radius 1 is 1.28 bits per heavy atom. The highest BCUT2D eigenvalue weighted by molar-refractivity contribution is 7.29. The van der Waals surface area contributed by atoms with Gasteiger partial charge in [0.1, 0.15) is 4.83 Å². The first-order valence-electron chi connectivity index (χ1n) is 8.69. The second kappa shape index (κ2) is 6.42. The SMILES string of the molecule is CCN(CC)c1nc2sc(C(=O)N3c4ccccc4CC3C)cc2s1. The van der Waals surface area contributed by atoms with Crippen molar-refractivity contribution in [1.29, 1.82) is 0 Å². The summed E-state index contributed by atoms with van der Waals surface area (Å²) in [5, 5.41) is 1.05. The molecule has 0 fully saturated rings. The number of hydrogen-bond donors (Lipinski definition) is 0. The van der Waals surface area contributed by atoms with Crippen LogP contribution >= 0.6 is 22.7 Å². The van der Waals surface area contributed by atoms with Gasteiger partial charge in [0, 0.05) is 24.8 Å². The van der Waals surface area contributed by atoms with E-state index in [0.717, 1.165) is 44.7 Å². The molecule has 0 saturated carbocycles. The first-order chi connectivity index (χ1) is 12.1. The Morgan fingerprint density at radius 2 is 2.04 bits per heavy atom. The van der Waals surface area contributed by atoms with Crippen LogP contribution in [0.15, 0.2) is 30.3 Å². The van der Waals surface area contributed by atoms with E-state index in [1.807, 2.05) is 29.2 Å². The van der Waals surface area contributed by atoms with E-state index in [1.54, 1.807) is 11.3 Å². The second-order valence-electron chi connectivity index (χ2n) is 6.31. The van der Waals surface area contributed by atoms with Gasteiger partial charge in [-0.15, -0.1) is 11.3 Å². The largest absolute Gasteiger partial charge is 0.349 e. The van der Waals surface area contributed by atoms with Gasteiger partial charge in [-0.05, 0) is 44.9 Å². The molecule has 1 aliphatic heterocycles. The number of hydrogen-bond acceptors (Lipinski definition) is 5. The second-order valence-corrected chi connectivity index (χ2v) is 8.35. The van der Waals surface area contributed by atoms with Gasteiger partial charge in [0.05, 0.1) is 9.58 Å². The van der Waals surface area contributed by atoms with Gasteiger partial charge in [-0.2, -0.15) is 0 Å². The van der Waals surface area contributed by atoms with E-state index < -0.39 is 0 Å². The number of carbonyl (C=O) groups is 1. The topological polar surface area (TPSA) is 36.4 Å². The van der Waals surface area contributed by atoms with Crippen LogP contribution in [0.2, 0.25) is 0 Å². The van der Waals surface area contributed by atoms with Crippen LogP contribution < -0.4 is 9.80 Å². The van der Waals surface area contributed by atoms with Crippen LogP contribution in [-0.2, 0) is 6.42 Å². The number of fused-ring (bicyclic) bond motifs is 2. The third-order valence-corrected chi connectivity index (χ3v) is 6.96. The molecule has 4 rings (SSSR count). The molecular weight excluding hydrogens is 350 g/mol. The van der Waals surface area contributed by atoms with Crippen LogP contribution in [0.1, 0.15) is 36.0 Å². The molecule has 0 N–H and O–H groups in total. The standard InChI is InChI=1S/C19H21N3OS2/c1-4-21(5-2)19-20-17-15(25-19)11-16(24-17)18(23)22-12(3)10-13-8-6-7-9-14(13)22/h6-9,11-12H,4-5,10H2,1-3H3. The molecule has 0 aliphatic carbocycles. The van der Waals surface area contributed by atoms with Crippen LogP contribution in [0.3, 0.4) is 0 Å². The molecule has 2 aromatic heterocycles. The van der Waals surface area contributed by atoms with Gasteiger partial charge in [-0.25, -0.2) is 4.98 Å². The summed E-state index contributed by atoms with van der Waals surface area (Å²) < 4.78 is 1.11. The number of anilines is 2. The lowest BCUT2D eigenvalue weighted by Crippen LogP contribution is -2.35. The summed E-state index contributed by atoms with van der Waals surface area (Å²) in [5.74, 6) is 0.0945. The normalized spacial score (nSPS) is 16.4. The Balaban J connectivity index is 1.66. The first kappa shape index (κ1) is 16.5. The molecular formula is C19H21N3OS2. The lowest BCUT2D eigenvalue weighted by atomic mass is 10.1. The highest BCUT2D eigenvalue weighted by Gasteiger charge is 2.32. The zero-order valence-corrected chi connectivity index (χ0v) is 16.3. The van der Waals surface area contributed by atoms with Crippen LogP contribution in [0.5, 0.6) is 0 Å². The van der Waals surface area contributed by atoms with Gasteiger partial charge >= 0.3 is 0 Å². The van der Waals surface area contributed by atoms with E-state index in [9.17, 15) is 4.79 Å². The maximum absolute atomic E-state index is 13.1. The summed E-state index contributed by atoms with van der Waals surface area (Å²) in [7, 11) is 0. The lowest BCUT2D eigenvalue weighted by Gasteiger charge is -2.21. The number of thiazole rings is 1. The zero-order valence-electron chi connectivity index (χ0n) is 14.7. The number of carbonyl (C=O) groups excluding carboxylic acids is 1. The molecule has 25 heavy (non-hydrogen) atoms. The Hall–Kier alpha value is -1.92. The molecule has 1 aliphatic rings. The maximum Gasteiger partial charge on any atom is 0.268 e. The van der Waals surface area contributed by atoms with Crippen molar-refractivity contribution in [2.24, 2.45) is 0 Å². The number of rotatable bonds is 4. The van der Waals surface area contributed by atoms with Crippen molar-refractivity contribution in [3.8, 4) is 0 Å². The minimum atomic E-state index is 0.0945. The van der Waals surface area contributed by atoms with Gasteiger partial charge < -0.3 is 9.80 Å². The summed E-state index contributed by atoms with van der Waals surface area (Å²) >= 11 is 3.19. The van der Waals surface area contributed by atoms with Crippen molar-refractivity contribution in [3.63, 3.8) is 0 Å². The summed E-state index contributed by atoms with van der Waals surface area (Å²) in [6.45, 7) is 8.29. The summed E-state index contributed by atoms with van der Waals surface area (Å²) in [4.78, 5) is 23.8. The number of para-hydroxylation sites is 1. The number of nitrogens with zero attached hydrogens (tertiary/aromatic N) is 3. The van der Waals surface area contributed by atoms with E-state index >= 15 is 0 Å². The third kappa shape index (κ3) is 2.73. The van der Waals surface area contributed by atoms with E-state index in [2.05, 4.69) is 31.7 Å². The average Bonchev–Trinajstić information content (AvgIpc) is 3.25. The fourth-order valence-corrected chi connectivity index (χ4v) is 5.73. The monoisotopic (exact) mass is 371 g/mol. The first-order valence-corrected chi connectivity index (χ1v) is 10.3. The molecule has 130 valence electrons. The van der Waals surface area contributed by atoms with Gasteiger partial charge in [0.15, 0.2) is 5.13 Å². The highest BCUT2D eigenvalue weighted by atomic mass is 32.1. The fourth-order valence-electron chi connectivity index (χ4n) is 3.45. The number of thiophene rings is 1. The molecule has 1 aromatic carbocycles. The quantitative estimate of drug-likeness (QED) is 0.661. The van der Waals surface area contributed by atoms with Gasteiger partial charge in [0.25, 0.3) is 5.91 Å². The molecule has 3 aromatic rings. The maximum atomic E-state index is 13.1. The fraction of sp³-hybridized carbons (Fsp3) is 0.368. The Kier molecular flexibility index (Phi) is 4.25. The van der Waals surface area contributed by atoms with E-state index in [-0.39, 0.29) is 11.9 Å². The van der Waals surface area contributed by atoms with Crippen LogP contribution in [0.25, 0.3) is 9.53 Å². The predicted molar refractivity (Wildman–Crippen MR) is 107 cm³/mol. The molecule has 0 spiro atoms. The number of amides is 1. The minimum Gasteiger partial charge on any atom is -0.349 e. The third-order valence-electron chi connectivity index (χ3n) is 4.75. The summed E-state index contributed by atoms with van der Waals surface area (Å²) in [6, 6.07) is 10.4. The zero-order chi connectivity index (χ0) is 17.6. The van der Waals surface area contributed by atoms with Gasteiger partial charge in [0.2, 0.25) is 0 Å². The van der Waals surface area contributed by atoms with Crippen molar-refractivity contribution in [2.75, 3.05) is 22.9 Å². The molecule has 4 nitrogen and oxygen atoms in total. The Morgan fingerprint density at radius 3 is 2.76 bits per heavy atom. The van der Waals surface area contributed by atoms with Crippen molar-refractivity contribution in [2.45, 2.75) is 33.2 Å². The van der Waals surface area contributed by atoms with Crippen molar-refractivity contribution in [3.05, 3.63) is 40.8 Å². The highest BCUT2D eigenvalue weighted by Crippen LogP contribution is 2.38. The molecule has 1 atom stereocenters. The summed E-state index contributed by atoms with van der Waals surface area (Å²) in [6.07, 6.45) is 0.923. The van der Waals surface area contributed by atoms with Gasteiger partial charge in [-0.1, -0.05) is 29.5 Å². The molecule has 1 amide bonds. The molecule has 6 heteroatoms. The molecule has 0 bridgehead atoms. The molecule has 0 saturated heterocycles.